The topological polar surface area (TPSA) is 37.3 Å². The van der Waals surface area contributed by atoms with Gasteiger partial charge in [-0.2, -0.15) is 0 Å². The average molecular weight is 287 g/mol. The van der Waals surface area contributed by atoms with Gasteiger partial charge in [0.1, 0.15) is 5.82 Å². The van der Waals surface area contributed by atoms with Gasteiger partial charge in [-0.15, -0.1) is 0 Å². The molecule has 0 aliphatic rings. The first kappa shape index (κ1) is 16.8. The lowest BCUT2D eigenvalue weighted by molar-refractivity contribution is 0.622. The van der Waals surface area contributed by atoms with Crippen LogP contribution in [0.2, 0.25) is 0 Å². The zero-order valence-corrected chi connectivity index (χ0v) is 13.0. The van der Waals surface area contributed by atoms with E-state index in [9.17, 15) is 4.39 Å². The Bertz CT molecular complexity index is 583. The van der Waals surface area contributed by atoms with E-state index in [1.54, 1.807) is 13.2 Å². The van der Waals surface area contributed by atoms with E-state index in [0.29, 0.717) is 5.56 Å². The standard InChI is InChI=1S/C17H22FN3/c1-5-6-15(16-12-20-9-8-17(16)18)11-14(3)21-10-7-13(2)19-4/h6-12,21H,5H2,1-4H3/b10-7-,14-11+,15-6?,19-13?. The van der Waals surface area contributed by atoms with Crippen LogP contribution in [0.25, 0.3) is 5.57 Å². The molecule has 0 fully saturated rings. The number of nitrogens with zero attached hydrogens (tertiary/aromatic N) is 2. The summed E-state index contributed by atoms with van der Waals surface area (Å²) in [5.74, 6) is -0.266. The Morgan fingerprint density at radius 3 is 2.81 bits per heavy atom. The monoisotopic (exact) mass is 287 g/mol. The van der Waals surface area contributed by atoms with E-state index < -0.39 is 0 Å². The molecule has 0 radical (unpaired) electrons. The van der Waals surface area contributed by atoms with Gasteiger partial charge in [0.2, 0.25) is 0 Å². The van der Waals surface area contributed by atoms with Gasteiger partial charge in [-0.3, -0.25) is 9.98 Å². The molecule has 0 aliphatic heterocycles. The van der Waals surface area contributed by atoms with Crippen LogP contribution < -0.4 is 5.32 Å². The number of aliphatic imine (C=N–C) groups is 1. The highest BCUT2D eigenvalue weighted by Gasteiger charge is 2.05. The Morgan fingerprint density at radius 2 is 2.19 bits per heavy atom. The second-order valence-electron chi connectivity index (χ2n) is 4.59. The molecule has 4 heteroatoms. The summed E-state index contributed by atoms with van der Waals surface area (Å²) in [6.45, 7) is 5.87. The maximum Gasteiger partial charge on any atom is 0.134 e. The highest BCUT2D eigenvalue weighted by molar-refractivity contribution is 5.92. The molecule has 0 saturated heterocycles. The fourth-order valence-electron chi connectivity index (χ4n) is 1.70. The summed E-state index contributed by atoms with van der Waals surface area (Å²) in [6, 6.07) is 1.37. The molecule has 0 amide bonds. The zero-order valence-electron chi connectivity index (χ0n) is 13.0. The van der Waals surface area contributed by atoms with Gasteiger partial charge >= 0.3 is 0 Å². The molecule has 0 saturated carbocycles. The van der Waals surface area contributed by atoms with Crippen molar-refractivity contribution in [1.82, 2.24) is 10.3 Å². The van der Waals surface area contributed by atoms with Gasteiger partial charge in [0.15, 0.2) is 0 Å². The van der Waals surface area contributed by atoms with Crippen molar-refractivity contribution in [2.24, 2.45) is 4.99 Å². The summed E-state index contributed by atoms with van der Waals surface area (Å²) >= 11 is 0. The van der Waals surface area contributed by atoms with Crippen LogP contribution in [0.15, 0.2) is 53.6 Å². The molecule has 1 heterocycles. The molecule has 112 valence electrons. The fraction of sp³-hybridized carbons (Fsp3) is 0.294. The van der Waals surface area contributed by atoms with Crippen LogP contribution in [0.1, 0.15) is 32.8 Å². The maximum absolute atomic E-state index is 13.9. The molecule has 1 N–H and O–H groups in total. The molecule has 1 aromatic rings. The van der Waals surface area contributed by atoms with Gasteiger partial charge in [-0.25, -0.2) is 4.39 Å². The van der Waals surface area contributed by atoms with Crippen LogP contribution >= 0.6 is 0 Å². The van der Waals surface area contributed by atoms with Crippen molar-refractivity contribution in [2.45, 2.75) is 27.2 Å². The third kappa shape index (κ3) is 5.73. The summed E-state index contributed by atoms with van der Waals surface area (Å²) < 4.78 is 13.9. The smallest absolute Gasteiger partial charge is 0.134 e. The van der Waals surface area contributed by atoms with Gasteiger partial charge in [-0.1, -0.05) is 13.0 Å². The molecule has 1 rings (SSSR count). The van der Waals surface area contributed by atoms with Gasteiger partial charge in [0.25, 0.3) is 0 Å². The Morgan fingerprint density at radius 1 is 1.43 bits per heavy atom. The van der Waals surface area contributed by atoms with Crippen LogP contribution in [0.3, 0.4) is 0 Å². The Kier molecular flexibility index (Phi) is 7.09. The van der Waals surface area contributed by atoms with E-state index in [1.165, 1.54) is 12.3 Å². The Hall–Kier alpha value is -2.23. The first-order valence-corrected chi connectivity index (χ1v) is 6.93. The molecule has 21 heavy (non-hydrogen) atoms. The van der Waals surface area contributed by atoms with Crippen LogP contribution in [-0.4, -0.2) is 17.7 Å². The van der Waals surface area contributed by atoms with Crippen LogP contribution in [-0.2, 0) is 0 Å². The molecule has 1 aromatic heterocycles. The Balaban J connectivity index is 2.93. The number of nitrogens with one attached hydrogen (secondary N) is 1. The molecule has 0 atom stereocenters. The van der Waals surface area contributed by atoms with Crippen LogP contribution in [0.4, 0.5) is 4.39 Å². The predicted molar refractivity (Wildman–Crippen MR) is 87.5 cm³/mol. The predicted octanol–water partition coefficient (Wildman–Crippen LogP) is 4.11. The summed E-state index contributed by atoms with van der Waals surface area (Å²) in [5, 5.41) is 3.14. The number of halogens is 1. The van der Waals surface area contributed by atoms with E-state index in [-0.39, 0.29) is 5.82 Å². The quantitative estimate of drug-likeness (QED) is 0.631. The molecule has 3 nitrogen and oxygen atoms in total. The lowest BCUT2D eigenvalue weighted by Crippen LogP contribution is -2.03. The largest absolute Gasteiger partial charge is 0.365 e. The van der Waals surface area contributed by atoms with Crippen molar-refractivity contribution in [3.05, 3.63) is 60.0 Å². The lowest BCUT2D eigenvalue weighted by atomic mass is 10.1. The van der Waals surface area contributed by atoms with Crippen molar-refractivity contribution in [3.8, 4) is 0 Å². The molecular formula is C17H22FN3. The van der Waals surface area contributed by atoms with E-state index >= 15 is 0 Å². The number of pyridine rings is 1. The molecule has 0 spiro atoms. The molecule has 0 aromatic carbocycles. The number of hydrogen-bond acceptors (Lipinski definition) is 3. The SMILES string of the molecule is CCC=C(/C=C(\C)N/C=C\C(C)=NC)c1cnccc1F. The minimum absolute atomic E-state index is 0.266. The van der Waals surface area contributed by atoms with Crippen molar-refractivity contribution in [2.75, 3.05) is 7.05 Å². The number of hydrogen-bond donors (Lipinski definition) is 1. The molecular weight excluding hydrogens is 265 g/mol. The van der Waals surface area contributed by atoms with E-state index in [0.717, 1.165) is 23.4 Å². The van der Waals surface area contributed by atoms with Gasteiger partial charge in [0.05, 0.1) is 0 Å². The van der Waals surface area contributed by atoms with E-state index in [2.05, 4.69) is 15.3 Å². The summed E-state index contributed by atoms with van der Waals surface area (Å²) in [6.07, 6.45) is 11.4. The second-order valence-corrected chi connectivity index (χ2v) is 4.59. The van der Waals surface area contributed by atoms with E-state index in [4.69, 9.17) is 0 Å². The fourth-order valence-corrected chi connectivity index (χ4v) is 1.70. The van der Waals surface area contributed by atoms with Gasteiger partial charge < -0.3 is 5.32 Å². The van der Waals surface area contributed by atoms with Crippen molar-refractivity contribution in [3.63, 3.8) is 0 Å². The lowest BCUT2D eigenvalue weighted by Gasteiger charge is -2.06. The minimum Gasteiger partial charge on any atom is -0.365 e. The molecule has 0 aliphatic carbocycles. The minimum atomic E-state index is -0.266. The third-order valence-electron chi connectivity index (χ3n) is 2.86. The van der Waals surface area contributed by atoms with Crippen molar-refractivity contribution >= 4 is 11.3 Å². The first-order valence-electron chi connectivity index (χ1n) is 6.93. The van der Waals surface area contributed by atoms with Gasteiger partial charge in [0, 0.05) is 42.6 Å². The number of rotatable bonds is 6. The highest BCUT2D eigenvalue weighted by atomic mass is 19.1. The first-order chi connectivity index (χ1) is 10.1. The molecule has 0 unspecified atom stereocenters. The highest BCUT2D eigenvalue weighted by Crippen LogP contribution is 2.20. The summed E-state index contributed by atoms with van der Waals surface area (Å²) in [4.78, 5) is 8.03. The molecule has 0 bridgehead atoms. The third-order valence-corrected chi connectivity index (χ3v) is 2.86. The normalized spacial score (nSPS) is 13.9. The average Bonchev–Trinajstić information content (AvgIpc) is 2.47. The van der Waals surface area contributed by atoms with Crippen LogP contribution in [0, 0.1) is 5.82 Å². The summed E-state index contributed by atoms with van der Waals surface area (Å²) in [7, 11) is 1.75. The van der Waals surface area contributed by atoms with Crippen LogP contribution in [0.5, 0.6) is 0 Å². The van der Waals surface area contributed by atoms with E-state index in [1.807, 2.05) is 45.2 Å². The second kappa shape index (κ2) is 8.84. The van der Waals surface area contributed by atoms with Crippen molar-refractivity contribution in [1.29, 1.82) is 0 Å². The number of allylic oxidation sites excluding steroid dienone is 5. The maximum atomic E-state index is 13.9. The summed E-state index contributed by atoms with van der Waals surface area (Å²) in [5.41, 5.74) is 3.18. The van der Waals surface area contributed by atoms with Crippen molar-refractivity contribution < 1.29 is 4.39 Å². The Labute approximate surface area is 126 Å². The number of aromatic nitrogens is 1. The zero-order chi connectivity index (χ0) is 15.7. The van der Waals surface area contributed by atoms with Gasteiger partial charge in [-0.05, 0) is 44.1 Å².